The third kappa shape index (κ3) is 3.69. The van der Waals surface area contributed by atoms with Crippen LogP contribution >= 0.6 is 0 Å². The Morgan fingerprint density at radius 2 is 1.95 bits per heavy atom. The Morgan fingerprint density at radius 1 is 1.16 bits per heavy atom. The highest BCUT2D eigenvalue weighted by Gasteiger charge is 2.06. The minimum Gasteiger partial charge on any atom is -0.490 e. The Bertz CT molecular complexity index is 529. The lowest BCUT2D eigenvalue weighted by Crippen LogP contribution is -1.99. The molecule has 0 amide bonds. The lowest BCUT2D eigenvalue weighted by atomic mass is 10.3. The normalized spacial score (nSPS) is 10.2. The quantitative estimate of drug-likeness (QED) is 0.864. The van der Waals surface area contributed by atoms with Gasteiger partial charge in [0.25, 0.3) is 0 Å². The van der Waals surface area contributed by atoms with Gasteiger partial charge in [0.2, 0.25) is 5.88 Å². The molecule has 0 saturated carbocycles. The molecule has 2 aromatic rings. The lowest BCUT2D eigenvalue weighted by molar-refractivity contribution is 0.300. The van der Waals surface area contributed by atoms with Crippen molar-refractivity contribution in [3.63, 3.8) is 0 Å². The van der Waals surface area contributed by atoms with Crippen molar-refractivity contribution in [1.82, 2.24) is 4.98 Å². The van der Waals surface area contributed by atoms with Gasteiger partial charge in [-0.2, -0.15) is 0 Å². The van der Waals surface area contributed by atoms with Crippen molar-refractivity contribution < 1.29 is 9.47 Å². The van der Waals surface area contributed by atoms with Gasteiger partial charge in [-0.05, 0) is 30.2 Å². The van der Waals surface area contributed by atoms with Crippen molar-refractivity contribution in [3.8, 4) is 17.4 Å². The number of aromatic nitrogens is 1. The highest BCUT2D eigenvalue weighted by atomic mass is 16.5. The van der Waals surface area contributed by atoms with E-state index < -0.39 is 0 Å². The molecule has 0 atom stereocenters. The maximum absolute atomic E-state index is 5.76. The second-order valence-corrected chi connectivity index (χ2v) is 4.10. The van der Waals surface area contributed by atoms with E-state index in [0.717, 1.165) is 17.7 Å². The lowest BCUT2D eigenvalue weighted by Gasteiger charge is -2.11. The predicted octanol–water partition coefficient (Wildman–Crippen LogP) is 3.12. The second kappa shape index (κ2) is 6.75. The van der Waals surface area contributed by atoms with E-state index in [2.05, 4.69) is 11.9 Å². The summed E-state index contributed by atoms with van der Waals surface area (Å²) >= 11 is 0. The first kappa shape index (κ1) is 13.4. The first-order valence-electron chi connectivity index (χ1n) is 6.38. The third-order valence-electron chi connectivity index (χ3n) is 2.56. The molecule has 0 aliphatic carbocycles. The molecule has 2 rings (SSSR count). The van der Waals surface area contributed by atoms with Crippen LogP contribution in [0.5, 0.6) is 17.4 Å². The van der Waals surface area contributed by atoms with Gasteiger partial charge in [-0.15, -0.1) is 0 Å². The third-order valence-corrected chi connectivity index (χ3v) is 2.56. The van der Waals surface area contributed by atoms with Gasteiger partial charge >= 0.3 is 0 Å². The first-order chi connectivity index (χ1) is 9.33. The van der Waals surface area contributed by atoms with Crippen LogP contribution in [0.1, 0.15) is 18.9 Å². The zero-order chi connectivity index (χ0) is 13.5. The van der Waals surface area contributed by atoms with Gasteiger partial charge in [0.05, 0.1) is 6.61 Å². The number of hydrogen-bond acceptors (Lipinski definition) is 4. The fourth-order valence-corrected chi connectivity index (χ4v) is 1.61. The van der Waals surface area contributed by atoms with E-state index in [0.29, 0.717) is 24.8 Å². The van der Waals surface area contributed by atoms with E-state index in [4.69, 9.17) is 15.2 Å². The van der Waals surface area contributed by atoms with Crippen molar-refractivity contribution in [1.29, 1.82) is 0 Å². The molecular formula is C15H18N2O2. The number of rotatable bonds is 6. The number of ether oxygens (including phenoxy) is 2. The van der Waals surface area contributed by atoms with Crippen LogP contribution in [0.15, 0.2) is 42.6 Å². The fraction of sp³-hybridized carbons (Fsp3) is 0.267. The van der Waals surface area contributed by atoms with Crippen LogP contribution < -0.4 is 15.2 Å². The Morgan fingerprint density at radius 3 is 2.68 bits per heavy atom. The van der Waals surface area contributed by atoms with Crippen LogP contribution in [-0.4, -0.2) is 11.6 Å². The highest BCUT2D eigenvalue weighted by Crippen LogP contribution is 2.30. The molecule has 0 radical (unpaired) electrons. The second-order valence-electron chi connectivity index (χ2n) is 4.10. The SMILES string of the molecule is CCCOc1ccccc1Oc1cc(CN)ccn1. The van der Waals surface area contributed by atoms with E-state index in [1.54, 1.807) is 6.20 Å². The average Bonchev–Trinajstić information content (AvgIpc) is 2.46. The molecule has 1 heterocycles. The minimum atomic E-state index is 0.465. The Kier molecular flexibility index (Phi) is 4.75. The van der Waals surface area contributed by atoms with Crippen LogP contribution in [0.25, 0.3) is 0 Å². The van der Waals surface area contributed by atoms with Crippen molar-refractivity contribution in [2.45, 2.75) is 19.9 Å². The molecule has 2 N–H and O–H groups in total. The van der Waals surface area contributed by atoms with Gasteiger partial charge in [0.1, 0.15) is 0 Å². The van der Waals surface area contributed by atoms with Crippen LogP contribution in [-0.2, 0) is 6.54 Å². The summed E-state index contributed by atoms with van der Waals surface area (Å²) in [5.74, 6) is 1.91. The molecule has 19 heavy (non-hydrogen) atoms. The summed E-state index contributed by atoms with van der Waals surface area (Å²) in [7, 11) is 0. The Labute approximate surface area is 113 Å². The maximum Gasteiger partial charge on any atom is 0.219 e. The number of hydrogen-bond donors (Lipinski definition) is 1. The number of para-hydroxylation sites is 2. The zero-order valence-electron chi connectivity index (χ0n) is 11.0. The number of nitrogens with zero attached hydrogens (tertiary/aromatic N) is 1. The summed E-state index contributed by atoms with van der Waals surface area (Å²) in [6.07, 6.45) is 2.64. The Balaban J connectivity index is 2.17. The van der Waals surface area contributed by atoms with Crippen molar-refractivity contribution in [3.05, 3.63) is 48.2 Å². The van der Waals surface area contributed by atoms with Crippen molar-refractivity contribution in [2.24, 2.45) is 5.73 Å². The first-order valence-corrected chi connectivity index (χ1v) is 6.38. The molecule has 4 heteroatoms. The van der Waals surface area contributed by atoms with Crippen molar-refractivity contribution >= 4 is 0 Å². The number of nitrogens with two attached hydrogens (primary N) is 1. The van der Waals surface area contributed by atoms with Crippen molar-refractivity contribution in [2.75, 3.05) is 6.61 Å². The van der Waals surface area contributed by atoms with E-state index in [1.807, 2.05) is 36.4 Å². The van der Waals surface area contributed by atoms with Crippen LogP contribution in [0.2, 0.25) is 0 Å². The van der Waals surface area contributed by atoms with Gasteiger partial charge in [-0.3, -0.25) is 0 Å². The van der Waals surface area contributed by atoms with Gasteiger partial charge in [0.15, 0.2) is 11.5 Å². The molecule has 0 aliphatic rings. The number of benzene rings is 1. The monoisotopic (exact) mass is 258 g/mol. The number of pyridine rings is 1. The van der Waals surface area contributed by atoms with E-state index >= 15 is 0 Å². The summed E-state index contributed by atoms with van der Waals surface area (Å²) in [5.41, 5.74) is 6.58. The summed E-state index contributed by atoms with van der Waals surface area (Å²) in [6.45, 7) is 3.19. The summed E-state index contributed by atoms with van der Waals surface area (Å²) in [4.78, 5) is 4.17. The highest BCUT2D eigenvalue weighted by molar-refractivity contribution is 5.41. The largest absolute Gasteiger partial charge is 0.490 e. The Hall–Kier alpha value is -2.07. The molecule has 0 unspecified atom stereocenters. The van der Waals surface area contributed by atoms with Gasteiger partial charge < -0.3 is 15.2 Å². The molecule has 0 saturated heterocycles. The molecule has 0 aliphatic heterocycles. The summed E-state index contributed by atoms with van der Waals surface area (Å²) in [5, 5.41) is 0. The van der Waals surface area contributed by atoms with Gasteiger partial charge in [-0.1, -0.05) is 19.1 Å². The summed E-state index contributed by atoms with van der Waals surface area (Å²) in [6, 6.07) is 11.3. The molecule has 1 aromatic carbocycles. The van der Waals surface area contributed by atoms with Crippen LogP contribution in [0.3, 0.4) is 0 Å². The molecule has 100 valence electrons. The fourth-order valence-electron chi connectivity index (χ4n) is 1.61. The van der Waals surface area contributed by atoms with Gasteiger partial charge in [-0.25, -0.2) is 4.98 Å². The van der Waals surface area contributed by atoms with Crippen LogP contribution in [0.4, 0.5) is 0 Å². The van der Waals surface area contributed by atoms with Gasteiger partial charge in [0, 0.05) is 18.8 Å². The smallest absolute Gasteiger partial charge is 0.219 e. The van der Waals surface area contributed by atoms with E-state index in [-0.39, 0.29) is 0 Å². The predicted molar refractivity (Wildman–Crippen MR) is 74.4 cm³/mol. The molecular weight excluding hydrogens is 240 g/mol. The van der Waals surface area contributed by atoms with Crippen LogP contribution in [0, 0.1) is 0 Å². The van der Waals surface area contributed by atoms with E-state index in [1.165, 1.54) is 0 Å². The average molecular weight is 258 g/mol. The molecule has 1 aromatic heterocycles. The van der Waals surface area contributed by atoms with E-state index in [9.17, 15) is 0 Å². The standard InChI is InChI=1S/C15H18N2O2/c1-2-9-18-13-5-3-4-6-14(13)19-15-10-12(11-16)7-8-17-15/h3-8,10H,2,9,11,16H2,1H3. The molecule has 4 nitrogen and oxygen atoms in total. The molecule has 0 bridgehead atoms. The maximum atomic E-state index is 5.76. The molecule has 0 spiro atoms. The minimum absolute atomic E-state index is 0.465. The topological polar surface area (TPSA) is 57.4 Å². The summed E-state index contributed by atoms with van der Waals surface area (Å²) < 4.78 is 11.4. The zero-order valence-corrected chi connectivity index (χ0v) is 11.0. The molecule has 0 fully saturated rings.